The molecule has 1 atom stereocenters. The molecule has 6 nitrogen and oxygen atoms in total. The molecule has 0 N–H and O–H groups in total. The topological polar surface area (TPSA) is 72.9 Å². The van der Waals surface area contributed by atoms with Crippen molar-refractivity contribution in [3.05, 3.63) is 0 Å². The van der Waals surface area contributed by atoms with Crippen molar-refractivity contribution in [3.63, 3.8) is 0 Å². The van der Waals surface area contributed by atoms with Crippen molar-refractivity contribution in [3.8, 4) is 0 Å². The summed E-state index contributed by atoms with van der Waals surface area (Å²) in [6.07, 6.45) is -0.228. The first kappa shape index (κ1) is 19.8. The minimum atomic E-state index is -2.05. The summed E-state index contributed by atoms with van der Waals surface area (Å²) < 4.78 is 6.26. The molecule has 0 radical (unpaired) electrons. The van der Waals surface area contributed by atoms with Crippen LogP contribution >= 0.6 is 0 Å². The van der Waals surface area contributed by atoms with Crippen LogP contribution in [-0.4, -0.2) is 37.3 Å². The van der Waals surface area contributed by atoms with Gasteiger partial charge in [0.2, 0.25) is 0 Å². The van der Waals surface area contributed by atoms with Gasteiger partial charge in [0.15, 0.2) is 8.32 Å². The number of nitrogens with zero attached hydrogens (tertiary/aromatic N) is 1. The third-order valence-corrected chi connectivity index (χ3v) is 9.56. The number of hydroxylamine groups is 2. The summed E-state index contributed by atoms with van der Waals surface area (Å²) in [6, 6.07) is 0. The number of hydrogen-bond acceptors (Lipinski definition) is 5. The van der Waals surface area contributed by atoms with E-state index in [0.29, 0.717) is 5.06 Å². The number of hydrogen-bond donors (Lipinski definition) is 0. The monoisotopic (exact) mass is 343 g/mol. The molecule has 0 aromatic heterocycles. The van der Waals surface area contributed by atoms with E-state index in [1.54, 1.807) is 13.8 Å². The lowest BCUT2D eigenvalue weighted by Crippen LogP contribution is -2.50. The van der Waals surface area contributed by atoms with Crippen LogP contribution in [0.3, 0.4) is 0 Å². The third-order valence-electron chi connectivity index (χ3n) is 5.00. The van der Waals surface area contributed by atoms with Gasteiger partial charge in [0, 0.05) is 12.8 Å². The number of carbonyl (C=O) groups excluding carboxylic acids is 3. The normalized spacial score (nSPS) is 18.3. The molecule has 1 aliphatic heterocycles. The molecule has 1 aliphatic rings. The Morgan fingerprint density at radius 3 is 1.91 bits per heavy atom. The van der Waals surface area contributed by atoms with Gasteiger partial charge in [-0.05, 0) is 38.9 Å². The predicted octanol–water partition coefficient (Wildman–Crippen LogP) is 3.03. The molecule has 1 heterocycles. The van der Waals surface area contributed by atoms with E-state index in [9.17, 15) is 14.4 Å². The Balaban J connectivity index is 2.82. The fraction of sp³-hybridized carbons (Fsp3) is 0.812. The minimum Gasteiger partial charge on any atom is -0.413 e. The van der Waals surface area contributed by atoms with E-state index < -0.39 is 37.6 Å². The molecule has 23 heavy (non-hydrogen) atoms. The highest BCUT2D eigenvalue weighted by Crippen LogP contribution is 2.40. The van der Waals surface area contributed by atoms with Crippen LogP contribution in [0.15, 0.2) is 0 Å². The zero-order valence-electron chi connectivity index (χ0n) is 15.5. The second-order valence-corrected chi connectivity index (χ2v) is 13.0. The molecule has 132 valence electrons. The van der Waals surface area contributed by atoms with E-state index in [0.717, 1.165) is 0 Å². The SMILES string of the molecule is C[C@@H](O[Si](C)(C)C(C)(C)C)C(C)(C)C(=O)ON1C(=O)CCC1=O. The van der Waals surface area contributed by atoms with Gasteiger partial charge in [-0.25, -0.2) is 4.79 Å². The van der Waals surface area contributed by atoms with Gasteiger partial charge in [-0.3, -0.25) is 9.59 Å². The lowest BCUT2D eigenvalue weighted by molar-refractivity contribution is -0.207. The molecular weight excluding hydrogens is 314 g/mol. The zero-order chi connectivity index (χ0) is 18.2. The van der Waals surface area contributed by atoms with Gasteiger partial charge < -0.3 is 9.26 Å². The van der Waals surface area contributed by atoms with Crippen LogP contribution < -0.4 is 0 Å². The molecular formula is C16H29NO5Si. The van der Waals surface area contributed by atoms with Gasteiger partial charge in [0.25, 0.3) is 11.8 Å². The maximum absolute atomic E-state index is 12.5. The van der Waals surface area contributed by atoms with E-state index in [1.165, 1.54) is 0 Å². The number of rotatable bonds is 5. The van der Waals surface area contributed by atoms with Crippen molar-refractivity contribution in [2.45, 2.75) is 78.6 Å². The van der Waals surface area contributed by atoms with Crippen LogP contribution in [0.5, 0.6) is 0 Å². The van der Waals surface area contributed by atoms with E-state index in [2.05, 4.69) is 33.9 Å². The highest BCUT2D eigenvalue weighted by Gasteiger charge is 2.46. The highest BCUT2D eigenvalue weighted by molar-refractivity contribution is 6.74. The first-order chi connectivity index (χ1) is 10.2. The number of carbonyl (C=O) groups is 3. The van der Waals surface area contributed by atoms with Crippen molar-refractivity contribution in [1.82, 2.24) is 5.06 Å². The largest absolute Gasteiger partial charge is 0.413 e. The summed E-state index contributed by atoms with van der Waals surface area (Å²) in [7, 11) is -2.05. The van der Waals surface area contributed by atoms with Gasteiger partial charge in [0.05, 0.1) is 11.5 Å². The Hall–Kier alpha value is -1.21. The Labute approximate surface area is 139 Å². The molecule has 1 fully saturated rings. The fourth-order valence-corrected chi connectivity index (χ4v) is 3.32. The van der Waals surface area contributed by atoms with Crippen LogP contribution in [0.4, 0.5) is 0 Å². The Bertz CT molecular complexity index is 491. The van der Waals surface area contributed by atoms with E-state index in [-0.39, 0.29) is 17.9 Å². The van der Waals surface area contributed by atoms with E-state index >= 15 is 0 Å². The Morgan fingerprint density at radius 1 is 1.09 bits per heavy atom. The van der Waals surface area contributed by atoms with Crippen LogP contribution in [0, 0.1) is 5.41 Å². The number of imide groups is 1. The summed E-state index contributed by atoms with van der Waals surface area (Å²) in [4.78, 5) is 40.7. The average molecular weight is 343 g/mol. The lowest BCUT2D eigenvalue weighted by Gasteiger charge is -2.42. The van der Waals surface area contributed by atoms with Gasteiger partial charge in [-0.1, -0.05) is 20.8 Å². The van der Waals surface area contributed by atoms with Crippen molar-refractivity contribution in [1.29, 1.82) is 0 Å². The van der Waals surface area contributed by atoms with Gasteiger partial charge in [-0.2, -0.15) is 0 Å². The van der Waals surface area contributed by atoms with Gasteiger partial charge >= 0.3 is 5.97 Å². The maximum atomic E-state index is 12.5. The summed E-state index contributed by atoms with van der Waals surface area (Å²) >= 11 is 0. The molecule has 0 saturated carbocycles. The summed E-state index contributed by atoms with van der Waals surface area (Å²) in [6.45, 7) is 15.8. The van der Waals surface area contributed by atoms with E-state index in [4.69, 9.17) is 9.26 Å². The van der Waals surface area contributed by atoms with E-state index in [1.807, 2.05) is 6.92 Å². The first-order valence-corrected chi connectivity index (χ1v) is 10.9. The molecule has 0 aromatic carbocycles. The van der Waals surface area contributed by atoms with Crippen molar-refractivity contribution in [2.24, 2.45) is 5.41 Å². The van der Waals surface area contributed by atoms with Crippen molar-refractivity contribution < 1.29 is 23.6 Å². The molecule has 7 heteroatoms. The lowest BCUT2D eigenvalue weighted by atomic mass is 9.88. The maximum Gasteiger partial charge on any atom is 0.341 e. The quantitative estimate of drug-likeness (QED) is 0.567. The fourth-order valence-electron chi connectivity index (χ4n) is 1.79. The van der Waals surface area contributed by atoms with Crippen molar-refractivity contribution in [2.75, 3.05) is 0 Å². The predicted molar refractivity (Wildman–Crippen MR) is 88.7 cm³/mol. The molecule has 0 aliphatic carbocycles. The van der Waals surface area contributed by atoms with Crippen LogP contribution in [0.2, 0.25) is 18.1 Å². The second kappa shape index (κ2) is 6.35. The Morgan fingerprint density at radius 2 is 1.52 bits per heavy atom. The van der Waals surface area contributed by atoms with Crippen LogP contribution in [-0.2, 0) is 23.6 Å². The third kappa shape index (κ3) is 4.20. The highest BCUT2D eigenvalue weighted by atomic mass is 28.4. The van der Waals surface area contributed by atoms with Crippen molar-refractivity contribution >= 4 is 26.1 Å². The first-order valence-electron chi connectivity index (χ1n) is 7.96. The minimum absolute atomic E-state index is 0.0160. The molecule has 1 rings (SSSR count). The van der Waals surface area contributed by atoms with Gasteiger partial charge in [0.1, 0.15) is 0 Å². The smallest absolute Gasteiger partial charge is 0.341 e. The zero-order valence-corrected chi connectivity index (χ0v) is 16.5. The molecule has 0 bridgehead atoms. The molecule has 2 amide bonds. The summed E-state index contributed by atoms with van der Waals surface area (Å²) in [5.74, 6) is -1.58. The second-order valence-electron chi connectivity index (χ2n) is 8.20. The molecule has 0 unspecified atom stereocenters. The summed E-state index contributed by atoms with van der Waals surface area (Å²) in [5.41, 5.74) is -0.974. The molecule has 1 saturated heterocycles. The van der Waals surface area contributed by atoms with Gasteiger partial charge in [-0.15, -0.1) is 5.06 Å². The number of amides is 2. The summed E-state index contributed by atoms with van der Waals surface area (Å²) in [5, 5.41) is 0.602. The molecule has 0 aromatic rings. The average Bonchev–Trinajstić information content (AvgIpc) is 2.68. The molecule has 0 spiro atoms. The Kier molecular flexibility index (Phi) is 5.48. The van der Waals surface area contributed by atoms with Crippen LogP contribution in [0.25, 0.3) is 0 Å². The standard InChI is InChI=1S/C16H29NO5Si/c1-11(22-23(7,8)15(2,3)4)16(5,6)14(20)21-17-12(18)9-10-13(17)19/h11H,9-10H2,1-8H3/t11-/m1/s1. The van der Waals surface area contributed by atoms with Crippen LogP contribution in [0.1, 0.15) is 54.4 Å².